The quantitative estimate of drug-likeness (QED) is 0.800. The maximum Gasteiger partial charge on any atom is 0.237 e. The molecule has 0 fully saturated rings. The van der Waals surface area contributed by atoms with Crippen molar-refractivity contribution in [1.82, 2.24) is 15.5 Å². The Morgan fingerprint density at radius 2 is 2.05 bits per heavy atom. The predicted octanol–water partition coefficient (Wildman–Crippen LogP) is 1.55. The second-order valence-electron chi connectivity index (χ2n) is 5.63. The highest BCUT2D eigenvalue weighted by Crippen LogP contribution is 2.16. The molecule has 4 heteroatoms. The van der Waals surface area contributed by atoms with Crippen LogP contribution in [-0.2, 0) is 17.8 Å². The smallest absolute Gasteiger partial charge is 0.237 e. The molecule has 2 rings (SSSR count). The lowest BCUT2D eigenvalue weighted by molar-refractivity contribution is -0.123. The SMILES string of the molecule is CCCN(CC)CCNC(=O)[C@@H]1Cc2ccccc2CN1. The topological polar surface area (TPSA) is 44.4 Å². The molecule has 116 valence electrons. The molecule has 1 aliphatic heterocycles. The number of amides is 1. The summed E-state index contributed by atoms with van der Waals surface area (Å²) in [4.78, 5) is 14.6. The molecule has 0 unspecified atom stereocenters. The summed E-state index contributed by atoms with van der Waals surface area (Å²) in [6, 6.07) is 8.24. The van der Waals surface area contributed by atoms with E-state index < -0.39 is 0 Å². The zero-order valence-corrected chi connectivity index (χ0v) is 13.2. The molecule has 1 aromatic carbocycles. The van der Waals surface area contributed by atoms with Crippen molar-refractivity contribution in [2.75, 3.05) is 26.2 Å². The van der Waals surface area contributed by atoms with Crippen molar-refractivity contribution >= 4 is 5.91 Å². The van der Waals surface area contributed by atoms with Crippen LogP contribution in [0.4, 0.5) is 0 Å². The van der Waals surface area contributed by atoms with Crippen LogP contribution in [0.2, 0.25) is 0 Å². The van der Waals surface area contributed by atoms with Crippen LogP contribution in [0.1, 0.15) is 31.4 Å². The zero-order chi connectivity index (χ0) is 15.1. The molecule has 1 amide bonds. The Bertz CT molecular complexity index is 461. The number of likely N-dealkylation sites (N-methyl/N-ethyl adjacent to an activating group) is 1. The van der Waals surface area contributed by atoms with Crippen LogP contribution in [0.15, 0.2) is 24.3 Å². The van der Waals surface area contributed by atoms with E-state index in [1.54, 1.807) is 0 Å². The number of carbonyl (C=O) groups is 1. The Labute approximate surface area is 127 Å². The molecule has 4 nitrogen and oxygen atoms in total. The summed E-state index contributed by atoms with van der Waals surface area (Å²) in [5, 5.41) is 6.39. The van der Waals surface area contributed by atoms with E-state index >= 15 is 0 Å². The number of rotatable bonds is 7. The fourth-order valence-electron chi connectivity index (χ4n) is 2.84. The number of fused-ring (bicyclic) bond motifs is 1. The lowest BCUT2D eigenvalue weighted by Gasteiger charge is -2.26. The van der Waals surface area contributed by atoms with Crippen LogP contribution >= 0.6 is 0 Å². The van der Waals surface area contributed by atoms with Crippen molar-refractivity contribution in [1.29, 1.82) is 0 Å². The minimum absolute atomic E-state index is 0.0962. The molecule has 0 saturated heterocycles. The average Bonchev–Trinajstić information content (AvgIpc) is 2.53. The molecule has 2 N–H and O–H groups in total. The van der Waals surface area contributed by atoms with Gasteiger partial charge in [-0.15, -0.1) is 0 Å². The molecule has 1 aliphatic rings. The number of nitrogens with one attached hydrogen (secondary N) is 2. The second-order valence-corrected chi connectivity index (χ2v) is 5.63. The highest BCUT2D eigenvalue weighted by atomic mass is 16.2. The molecule has 0 bridgehead atoms. The Morgan fingerprint density at radius 3 is 2.76 bits per heavy atom. The van der Waals surface area contributed by atoms with Gasteiger partial charge in [0.2, 0.25) is 5.91 Å². The summed E-state index contributed by atoms with van der Waals surface area (Å²) in [7, 11) is 0. The standard InChI is InChI=1S/C17H27N3O/c1-3-10-20(4-2)11-9-18-17(21)16-12-14-7-5-6-8-15(14)13-19-16/h5-8,16,19H,3-4,9-13H2,1-2H3,(H,18,21)/t16-/m0/s1. The van der Waals surface area contributed by atoms with E-state index in [1.807, 2.05) is 12.1 Å². The van der Waals surface area contributed by atoms with Crippen molar-refractivity contribution < 1.29 is 4.79 Å². The monoisotopic (exact) mass is 289 g/mol. The molecule has 0 saturated carbocycles. The minimum Gasteiger partial charge on any atom is -0.353 e. The predicted molar refractivity (Wildman–Crippen MR) is 86.2 cm³/mol. The van der Waals surface area contributed by atoms with E-state index in [0.29, 0.717) is 0 Å². The Balaban J connectivity index is 1.77. The van der Waals surface area contributed by atoms with Gasteiger partial charge in [-0.3, -0.25) is 4.79 Å². The second kappa shape index (κ2) is 8.15. The summed E-state index contributed by atoms with van der Waals surface area (Å²) in [5.74, 6) is 0.122. The summed E-state index contributed by atoms with van der Waals surface area (Å²) < 4.78 is 0. The number of hydrogen-bond donors (Lipinski definition) is 2. The number of carbonyl (C=O) groups excluding carboxylic acids is 1. The van der Waals surface area contributed by atoms with Gasteiger partial charge in [0.15, 0.2) is 0 Å². The van der Waals surface area contributed by atoms with Gasteiger partial charge in [0.25, 0.3) is 0 Å². The number of benzene rings is 1. The van der Waals surface area contributed by atoms with Gasteiger partial charge < -0.3 is 15.5 Å². The van der Waals surface area contributed by atoms with Crippen molar-refractivity contribution in [2.24, 2.45) is 0 Å². The first-order valence-corrected chi connectivity index (χ1v) is 8.04. The molecule has 0 spiro atoms. The third-order valence-electron chi connectivity index (χ3n) is 4.11. The fraction of sp³-hybridized carbons (Fsp3) is 0.588. The van der Waals surface area contributed by atoms with Gasteiger partial charge in [-0.25, -0.2) is 0 Å². The molecule has 1 atom stereocenters. The van der Waals surface area contributed by atoms with Gasteiger partial charge in [-0.2, -0.15) is 0 Å². The Hall–Kier alpha value is -1.39. The van der Waals surface area contributed by atoms with Crippen LogP contribution in [-0.4, -0.2) is 43.0 Å². The normalized spacial score (nSPS) is 17.6. The highest BCUT2D eigenvalue weighted by molar-refractivity contribution is 5.82. The van der Waals surface area contributed by atoms with Gasteiger partial charge in [-0.1, -0.05) is 38.1 Å². The highest BCUT2D eigenvalue weighted by Gasteiger charge is 2.23. The van der Waals surface area contributed by atoms with Crippen LogP contribution in [0.25, 0.3) is 0 Å². The van der Waals surface area contributed by atoms with Crippen molar-refractivity contribution in [3.05, 3.63) is 35.4 Å². The summed E-state index contributed by atoms with van der Waals surface area (Å²) in [5.41, 5.74) is 2.60. The molecule has 1 aromatic rings. The lowest BCUT2D eigenvalue weighted by atomic mass is 9.95. The third-order valence-corrected chi connectivity index (χ3v) is 4.11. The molecule has 0 aromatic heterocycles. The summed E-state index contributed by atoms with van der Waals surface area (Å²) in [6.07, 6.45) is 1.94. The largest absolute Gasteiger partial charge is 0.353 e. The van der Waals surface area contributed by atoms with E-state index in [9.17, 15) is 4.79 Å². The van der Waals surface area contributed by atoms with E-state index in [1.165, 1.54) is 11.1 Å². The van der Waals surface area contributed by atoms with Gasteiger partial charge in [-0.05, 0) is 37.1 Å². The van der Waals surface area contributed by atoms with Crippen LogP contribution in [0.3, 0.4) is 0 Å². The third kappa shape index (κ3) is 4.55. The Kier molecular flexibility index (Phi) is 6.21. The van der Waals surface area contributed by atoms with Crippen LogP contribution in [0.5, 0.6) is 0 Å². The first-order valence-electron chi connectivity index (χ1n) is 8.04. The van der Waals surface area contributed by atoms with E-state index in [2.05, 4.69) is 41.5 Å². The average molecular weight is 289 g/mol. The van der Waals surface area contributed by atoms with E-state index in [4.69, 9.17) is 0 Å². The maximum absolute atomic E-state index is 12.2. The van der Waals surface area contributed by atoms with Gasteiger partial charge in [0.1, 0.15) is 0 Å². The lowest BCUT2D eigenvalue weighted by Crippen LogP contribution is -2.49. The van der Waals surface area contributed by atoms with E-state index in [0.717, 1.165) is 45.6 Å². The molecule has 1 heterocycles. The molecule has 21 heavy (non-hydrogen) atoms. The van der Waals surface area contributed by atoms with Crippen molar-refractivity contribution in [3.63, 3.8) is 0 Å². The first-order chi connectivity index (χ1) is 10.2. The fourth-order valence-corrected chi connectivity index (χ4v) is 2.84. The Morgan fingerprint density at radius 1 is 1.29 bits per heavy atom. The number of hydrogen-bond acceptors (Lipinski definition) is 3. The van der Waals surface area contributed by atoms with Crippen LogP contribution < -0.4 is 10.6 Å². The van der Waals surface area contributed by atoms with Gasteiger partial charge >= 0.3 is 0 Å². The number of nitrogens with zero attached hydrogens (tertiary/aromatic N) is 1. The first kappa shape index (κ1) is 16.0. The molecule has 0 radical (unpaired) electrons. The van der Waals surface area contributed by atoms with Crippen molar-refractivity contribution in [3.8, 4) is 0 Å². The zero-order valence-electron chi connectivity index (χ0n) is 13.2. The van der Waals surface area contributed by atoms with Gasteiger partial charge in [0.05, 0.1) is 6.04 Å². The van der Waals surface area contributed by atoms with Gasteiger partial charge in [0, 0.05) is 19.6 Å². The summed E-state index contributed by atoms with van der Waals surface area (Å²) >= 11 is 0. The molecular formula is C17H27N3O. The summed E-state index contributed by atoms with van der Waals surface area (Å²) in [6.45, 7) is 8.93. The van der Waals surface area contributed by atoms with Crippen molar-refractivity contribution in [2.45, 2.75) is 39.3 Å². The molecular weight excluding hydrogens is 262 g/mol. The van der Waals surface area contributed by atoms with Crippen LogP contribution in [0, 0.1) is 0 Å². The minimum atomic E-state index is -0.0962. The maximum atomic E-state index is 12.2. The molecule has 0 aliphatic carbocycles. The van der Waals surface area contributed by atoms with E-state index in [-0.39, 0.29) is 11.9 Å².